The number of benzene rings is 1. The molecule has 0 unspecified atom stereocenters. The van der Waals surface area contributed by atoms with E-state index in [0.29, 0.717) is 82.4 Å². The van der Waals surface area contributed by atoms with Gasteiger partial charge in [0.2, 0.25) is 5.91 Å². The number of fused-ring (bicyclic) bond motifs is 5. The monoisotopic (exact) mass is 818 g/mol. The van der Waals surface area contributed by atoms with Gasteiger partial charge in [-0.15, -0.1) is 0 Å². The van der Waals surface area contributed by atoms with Gasteiger partial charge in [-0.05, 0) is 94.3 Å². The Labute approximate surface area is 341 Å². The maximum absolute atomic E-state index is 14.4. The van der Waals surface area contributed by atoms with Gasteiger partial charge in [0.15, 0.2) is 11.2 Å². The Morgan fingerprint density at radius 2 is 2.07 bits per heavy atom. The molecule has 0 bridgehead atoms. The van der Waals surface area contributed by atoms with E-state index in [1.165, 1.54) is 0 Å². The largest absolute Gasteiger partial charge is 0.481 e. The minimum atomic E-state index is -1.18. The number of esters is 1. The van der Waals surface area contributed by atoms with Gasteiger partial charge in [0.1, 0.15) is 11.3 Å². The summed E-state index contributed by atoms with van der Waals surface area (Å²) in [5, 5.41) is 27.2. The van der Waals surface area contributed by atoms with Crippen LogP contribution in [0.15, 0.2) is 73.8 Å². The number of aliphatic hydroxyl groups is 2. The molecule has 1 saturated heterocycles. The van der Waals surface area contributed by atoms with E-state index in [2.05, 4.69) is 21.6 Å². The second-order valence-electron chi connectivity index (χ2n) is 16.8. The first-order valence-corrected chi connectivity index (χ1v) is 22.5. The molecular formula is C43H54N4O8S2. The second-order valence-corrected chi connectivity index (χ2v) is 19.4. The Hall–Kier alpha value is -3.69. The van der Waals surface area contributed by atoms with E-state index in [1.54, 1.807) is 25.1 Å². The van der Waals surface area contributed by atoms with E-state index in [4.69, 9.17) is 19.6 Å². The molecule has 1 spiro atoms. The van der Waals surface area contributed by atoms with Gasteiger partial charge in [0, 0.05) is 84.7 Å². The third kappa shape index (κ3) is 7.02. The van der Waals surface area contributed by atoms with Crippen molar-refractivity contribution in [3.63, 3.8) is 0 Å². The zero-order valence-electron chi connectivity index (χ0n) is 33.1. The van der Waals surface area contributed by atoms with Crippen molar-refractivity contribution in [3.8, 4) is 5.75 Å². The van der Waals surface area contributed by atoms with Crippen LogP contribution in [0.25, 0.3) is 11.0 Å². The van der Waals surface area contributed by atoms with Gasteiger partial charge in [-0.25, -0.2) is 9.59 Å². The predicted molar refractivity (Wildman–Crippen MR) is 222 cm³/mol. The molecule has 1 amide bonds. The average molecular weight is 819 g/mol. The standard InChI is InChI=1S/C43H54N4O8S2/c1-5-23(2)40(51)55-42(3)10-8-25-22-56-57-35-7-6-32(45-4)31-20-47(39(31)35)37(50)15-29-19-46-36(44)16-30(29)38(25)43(42)18-28-14-26-13-27(12-24(21-49)9-11-48)41(52)53-33(26)17-34(28)54-43/h5,8,13-14,16-17,24,31-32,35,38-39,45-46,48-49H,6-7,9-12,15,18-22,44H2,1-4H3/b23-5+/t24-,31-,32+,35-,38+,39+,42-,43-/m1/s1. The van der Waals surface area contributed by atoms with Gasteiger partial charge in [-0.2, -0.15) is 0 Å². The molecule has 1 saturated carbocycles. The number of carbonyl (C=O) groups is 2. The molecule has 2 fully saturated rings. The topological polar surface area (TPSA) is 177 Å². The molecule has 8 rings (SSSR count). The summed E-state index contributed by atoms with van der Waals surface area (Å²) < 4.78 is 19.8. The van der Waals surface area contributed by atoms with Crippen LogP contribution in [0.2, 0.25) is 0 Å². The highest BCUT2D eigenvalue weighted by Gasteiger charge is 2.64. The molecule has 0 radical (unpaired) electrons. The summed E-state index contributed by atoms with van der Waals surface area (Å²) in [5.41, 5.74) is 8.83. The summed E-state index contributed by atoms with van der Waals surface area (Å²) in [4.78, 5) is 43.5. The number of hydrogen-bond acceptors (Lipinski definition) is 13. The first-order valence-electron chi connectivity index (χ1n) is 20.2. The second kappa shape index (κ2) is 15.8. The molecule has 2 aromatic rings. The molecular weight excluding hydrogens is 765 g/mol. The number of allylic oxidation sites excluding steroid dienone is 2. The predicted octanol–water partition coefficient (Wildman–Crippen LogP) is 4.28. The zero-order valence-corrected chi connectivity index (χ0v) is 34.7. The third-order valence-electron chi connectivity index (χ3n) is 13.5. The van der Waals surface area contributed by atoms with E-state index in [0.717, 1.165) is 41.7 Å². The minimum absolute atomic E-state index is 0.0943. The van der Waals surface area contributed by atoms with Gasteiger partial charge in [0.05, 0.1) is 24.2 Å². The highest BCUT2D eigenvalue weighted by molar-refractivity contribution is 8.77. The lowest BCUT2D eigenvalue weighted by Crippen LogP contribution is -2.69. The Balaban J connectivity index is 1.26. The molecule has 6 N–H and O–H groups in total. The summed E-state index contributed by atoms with van der Waals surface area (Å²) in [6, 6.07) is 6.13. The number of nitrogens with one attached hydrogen (secondary N) is 2. The van der Waals surface area contributed by atoms with Gasteiger partial charge in [-0.3, -0.25) is 4.79 Å². The molecule has 5 heterocycles. The number of amides is 1. The maximum Gasteiger partial charge on any atom is 0.339 e. The Morgan fingerprint density at radius 1 is 1.25 bits per heavy atom. The first kappa shape index (κ1) is 40.1. The minimum Gasteiger partial charge on any atom is -0.481 e. The summed E-state index contributed by atoms with van der Waals surface area (Å²) in [7, 11) is 5.73. The van der Waals surface area contributed by atoms with Crippen molar-refractivity contribution in [1.82, 2.24) is 15.5 Å². The Morgan fingerprint density at radius 3 is 2.82 bits per heavy atom. The number of ether oxygens (including phenoxy) is 2. The number of rotatable bonds is 8. The zero-order chi connectivity index (χ0) is 40.2. The molecule has 8 atom stereocenters. The van der Waals surface area contributed by atoms with Crippen molar-refractivity contribution in [2.75, 3.05) is 39.1 Å². The number of nitrogens with zero attached hydrogens (tertiary/aromatic N) is 1. The number of dihydropyridines is 1. The van der Waals surface area contributed by atoms with Crippen molar-refractivity contribution >= 4 is 44.4 Å². The van der Waals surface area contributed by atoms with Gasteiger partial charge >= 0.3 is 11.6 Å². The lowest BCUT2D eigenvalue weighted by Gasteiger charge is -2.57. The molecule has 2 aliphatic carbocycles. The molecule has 306 valence electrons. The molecule has 6 aliphatic rings. The van der Waals surface area contributed by atoms with Crippen molar-refractivity contribution in [3.05, 3.63) is 86.1 Å². The summed E-state index contributed by atoms with van der Waals surface area (Å²) >= 11 is 0. The number of nitrogens with two attached hydrogens (primary N) is 1. The quantitative estimate of drug-likeness (QED) is 0.0841. The molecule has 14 heteroatoms. The smallest absolute Gasteiger partial charge is 0.339 e. The molecule has 57 heavy (non-hydrogen) atoms. The van der Waals surface area contributed by atoms with Crippen LogP contribution >= 0.6 is 21.6 Å². The van der Waals surface area contributed by atoms with Crippen LogP contribution < -0.4 is 26.7 Å². The Bertz CT molecular complexity index is 2150. The molecule has 1 aromatic carbocycles. The number of hydrogen-bond donors (Lipinski definition) is 5. The fraction of sp³-hybridized carbons (Fsp3) is 0.558. The van der Waals surface area contributed by atoms with Crippen molar-refractivity contribution < 1.29 is 33.7 Å². The van der Waals surface area contributed by atoms with Gasteiger partial charge in [-0.1, -0.05) is 39.3 Å². The lowest BCUT2D eigenvalue weighted by molar-refractivity contribution is -0.186. The molecule has 12 nitrogen and oxygen atoms in total. The summed E-state index contributed by atoms with van der Waals surface area (Å²) in [5.74, 6) is 1.09. The SMILES string of the molecule is C/C=C(\C)C(=O)O[C@]1(C)CC=C2CSS[C@@H]3CC[C@H](NC)[C@H]4CN(C(=O)CC5=C(C=C(N)NC5)[C@H]2[C@]12Cc1cc5cc(C[C@H](CO)CCO)c(=O)oc5cc1O2)[C@@H]43. The van der Waals surface area contributed by atoms with E-state index in [1.807, 2.05) is 54.6 Å². The van der Waals surface area contributed by atoms with E-state index in [9.17, 15) is 24.6 Å². The van der Waals surface area contributed by atoms with Crippen LogP contribution in [0.5, 0.6) is 5.75 Å². The van der Waals surface area contributed by atoms with Crippen molar-refractivity contribution in [1.29, 1.82) is 0 Å². The summed E-state index contributed by atoms with van der Waals surface area (Å²) in [6.07, 6.45) is 9.63. The van der Waals surface area contributed by atoms with Crippen LogP contribution in [0.3, 0.4) is 0 Å². The van der Waals surface area contributed by atoms with E-state index < -0.39 is 28.7 Å². The third-order valence-corrected chi connectivity index (χ3v) is 16.3. The Kier molecular flexibility index (Phi) is 11.1. The summed E-state index contributed by atoms with van der Waals surface area (Å²) in [6.45, 7) is 6.39. The first-order chi connectivity index (χ1) is 27.4. The maximum atomic E-state index is 14.4. The van der Waals surface area contributed by atoms with E-state index >= 15 is 0 Å². The van der Waals surface area contributed by atoms with E-state index in [-0.39, 0.29) is 43.9 Å². The highest BCUT2D eigenvalue weighted by atomic mass is 33.1. The van der Waals surface area contributed by atoms with Crippen LogP contribution in [0, 0.1) is 17.8 Å². The van der Waals surface area contributed by atoms with Crippen molar-refractivity contribution in [2.45, 2.75) is 94.3 Å². The highest BCUT2D eigenvalue weighted by Crippen LogP contribution is 2.58. The number of carbonyl (C=O) groups excluding carboxylic acids is 2. The van der Waals surface area contributed by atoms with Gasteiger partial charge in [0.25, 0.3) is 0 Å². The van der Waals surface area contributed by atoms with Crippen LogP contribution in [0.1, 0.15) is 64.0 Å². The fourth-order valence-electron chi connectivity index (χ4n) is 10.1. The lowest BCUT2D eigenvalue weighted by atomic mass is 9.61. The molecule has 4 aliphatic heterocycles. The van der Waals surface area contributed by atoms with Crippen LogP contribution in [-0.2, 0) is 27.2 Å². The van der Waals surface area contributed by atoms with Crippen LogP contribution in [-0.4, -0.2) is 94.6 Å². The van der Waals surface area contributed by atoms with Crippen LogP contribution in [0.4, 0.5) is 0 Å². The van der Waals surface area contributed by atoms with Crippen molar-refractivity contribution in [2.24, 2.45) is 23.5 Å². The average Bonchev–Trinajstić information content (AvgIpc) is 3.55. The van der Waals surface area contributed by atoms with Gasteiger partial charge < -0.3 is 45.4 Å². The molecule has 1 aromatic heterocycles. The number of aliphatic hydroxyl groups excluding tert-OH is 2. The fourth-order valence-corrected chi connectivity index (χ4v) is 13.2. The normalized spacial score (nSPS) is 31.6.